The maximum absolute atomic E-state index is 12.3. The number of benzene rings is 1. The van der Waals surface area contributed by atoms with E-state index >= 15 is 0 Å². The van der Waals surface area contributed by atoms with Crippen LogP contribution < -0.4 is 9.46 Å². The van der Waals surface area contributed by atoms with Crippen LogP contribution in [0.25, 0.3) is 0 Å². The van der Waals surface area contributed by atoms with Crippen LogP contribution in [0.3, 0.4) is 0 Å². The van der Waals surface area contributed by atoms with Gasteiger partial charge in [0, 0.05) is 11.3 Å². The molecular formula is C15H25NO4S2. The van der Waals surface area contributed by atoms with Gasteiger partial charge in [-0.05, 0) is 43.4 Å². The van der Waals surface area contributed by atoms with Gasteiger partial charge in [0.15, 0.2) is 0 Å². The first-order valence-electron chi connectivity index (χ1n) is 7.19. The van der Waals surface area contributed by atoms with Crippen molar-refractivity contribution >= 4 is 21.8 Å². The largest absolute Gasteiger partial charge is 0.493 e. The lowest BCUT2D eigenvalue weighted by Crippen LogP contribution is -2.41. The lowest BCUT2D eigenvalue weighted by molar-refractivity contribution is 0.271. The van der Waals surface area contributed by atoms with Crippen molar-refractivity contribution in [2.45, 2.75) is 37.0 Å². The van der Waals surface area contributed by atoms with E-state index in [4.69, 9.17) is 4.74 Å². The molecule has 0 fully saturated rings. The van der Waals surface area contributed by atoms with E-state index in [1.54, 1.807) is 19.1 Å². The summed E-state index contributed by atoms with van der Waals surface area (Å²) in [5.74, 6) is 1.06. The number of aliphatic hydroxyl groups is 1. The number of hydrogen-bond donors (Lipinski definition) is 2. The highest BCUT2D eigenvalue weighted by Crippen LogP contribution is 2.18. The molecular weight excluding hydrogens is 322 g/mol. The molecule has 0 saturated heterocycles. The zero-order valence-electron chi connectivity index (χ0n) is 13.4. The Labute approximate surface area is 137 Å². The molecule has 0 aliphatic rings. The van der Waals surface area contributed by atoms with E-state index in [1.807, 2.05) is 20.1 Å². The van der Waals surface area contributed by atoms with E-state index in [9.17, 15) is 13.5 Å². The third kappa shape index (κ3) is 5.79. The summed E-state index contributed by atoms with van der Waals surface area (Å²) in [4.78, 5) is 0.189. The SMILES string of the molecule is CS[C@@H](CO)[C@@H](C)NS(=O)(=O)c1ccc(OCC(C)C)cc1. The summed E-state index contributed by atoms with van der Waals surface area (Å²) in [6, 6.07) is 6.00. The van der Waals surface area contributed by atoms with E-state index in [0.29, 0.717) is 18.3 Å². The average Bonchev–Trinajstić information content (AvgIpc) is 2.46. The Kier molecular flexibility index (Phi) is 7.68. The maximum Gasteiger partial charge on any atom is 0.240 e. The molecule has 2 atom stereocenters. The van der Waals surface area contributed by atoms with Crippen LogP contribution in [0.1, 0.15) is 20.8 Å². The fraction of sp³-hybridized carbons (Fsp3) is 0.600. The van der Waals surface area contributed by atoms with Gasteiger partial charge in [0.2, 0.25) is 10.0 Å². The second kappa shape index (κ2) is 8.76. The summed E-state index contributed by atoms with van der Waals surface area (Å²) in [7, 11) is -3.60. The minimum atomic E-state index is -3.60. The summed E-state index contributed by atoms with van der Waals surface area (Å²) in [6.07, 6.45) is 1.84. The van der Waals surface area contributed by atoms with Gasteiger partial charge in [-0.3, -0.25) is 0 Å². The van der Waals surface area contributed by atoms with Crippen LogP contribution in [0.15, 0.2) is 29.2 Å². The van der Waals surface area contributed by atoms with Crippen molar-refractivity contribution in [3.63, 3.8) is 0 Å². The molecule has 0 aliphatic heterocycles. The summed E-state index contributed by atoms with van der Waals surface area (Å²) >= 11 is 1.43. The summed E-state index contributed by atoms with van der Waals surface area (Å²) < 4.78 is 32.8. The highest BCUT2D eigenvalue weighted by molar-refractivity contribution is 7.99. The highest BCUT2D eigenvalue weighted by atomic mass is 32.2. The standard InChI is InChI=1S/C15H25NO4S2/c1-11(2)10-20-13-5-7-14(8-6-13)22(18,19)16-12(3)15(9-17)21-4/h5-8,11-12,15-17H,9-10H2,1-4H3/t12-,15+/m1/s1. The Morgan fingerprint density at radius 2 is 1.82 bits per heavy atom. The molecule has 0 aromatic heterocycles. The molecule has 5 nitrogen and oxygen atoms in total. The number of rotatable bonds is 9. The number of ether oxygens (including phenoxy) is 1. The van der Waals surface area contributed by atoms with E-state index < -0.39 is 10.0 Å². The first-order valence-corrected chi connectivity index (χ1v) is 9.96. The molecule has 1 aromatic rings. The summed E-state index contributed by atoms with van der Waals surface area (Å²) in [6.45, 7) is 6.36. The number of aliphatic hydroxyl groups excluding tert-OH is 1. The molecule has 0 spiro atoms. The number of sulfonamides is 1. The second-order valence-electron chi connectivity index (χ2n) is 5.54. The summed E-state index contributed by atoms with van der Waals surface area (Å²) in [5.41, 5.74) is 0. The zero-order chi connectivity index (χ0) is 16.8. The highest BCUT2D eigenvalue weighted by Gasteiger charge is 2.22. The van der Waals surface area contributed by atoms with E-state index in [2.05, 4.69) is 4.72 Å². The molecule has 0 bridgehead atoms. The number of hydrogen-bond acceptors (Lipinski definition) is 5. The van der Waals surface area contributed by atoms with Crippen molar-refractivity contribution in [2.75, 3.05) is 19.5 Å². The fourth-order valence-electron chi connectivity index (χ4n) is 1.80. The van der Waals surface area contributed by atoms with Gasteiger partial charge in [-0.2, -0.15) is 11.8 Å². The Morgan fingerprint density at radius 3 is 2.27 bits per heavy atom. The average molecular weight is 348 g/mol. The minimum absolute atomic E-state index is 0.0766. The molecule has 7 heteroatoms. The lowest BCUT2D eigenvalue weighted by atomic mass is 10.2. The van der Waals surface area contributed by atoms with Crippen LogP contribution in [0.2, 0.25) is 0 Å². The van der Waals surface area contributed by atoms with Gasteiger partial charge >= 0.3 is 0 Å². The Hall–Kier alpha value is -0.760. The number of nitrogens with one attached hydrogen (secondary N) is 1. The van der Waals surface area contributed by atoms with Crippen LogP contribution in [0.5, 0.6) is 5.75 Å². The third-order valence-corrected chi connectivity index (χ3v) is 5.84. The normalized spacial score (nSPS) is 14.8. The Morgan fingerprint density at radius 1 is 1.23 bits per heavy atom. The topological polar surface area (TPSA) is 75.6 Å². The molecule has 0 radical (unpaired) electrons. The van der Waals surface area contributed by atoms with E-state index in [1.165, 1.54) is 23.9 Å². The quantitative estimate of drug-likeness (QED) is 0.715. The molecule has 1 aromatic carbocycles. The zero-order valence-corrected chi connectivity index (χ0v) is 15.1. The molecule has 0 saturated carbocycles. The van der Waals surface area contributed by atoms with E-state index in [0.717, 1.165) is 0 Å². The van der Waals surface area contributed by atoms with Gasteiger partial charge in [0.25, 0.3) is 0 Å². The van der Waals surface area contributed by atoms with Crippen LogP contribution in [-0.2, 0) is 10.0 Å². The van der Waals surface area contributed by atoms with Gasteiger partial charge in [0.05, 0.1) is 18.1 Å². The summed E-state index contributed by atoms with van der Waals surface area (Å²) in [5, 5.41) is 9.05. The van der Waals surface area contributed by atoms with Gasteiger partial charge in [0.1, 0.15) is 5.75 Å². The first-order chi connectivity index (χ1) is 10.3. The van der Waals surface area contributed by atoms with Crippen molar-refractivity contribution < 1.29 is 18.3 Å². The molecule has 126 valence electrons. The molecule has 2 N–H and O–H groups in total. The maximum atomic E-state index is 12.3. The van der Waals surface area contributed by atoms with Crippen molar-refractivity contribution in [3.05, 3.63) is 24.3 Å². The monoisotopic (exact) mass is 347 g/mol. The fourth-order valence-corrected chi connectivity index (χ4v) is 3.80. The van der Waals surface area contributed by atoms with E-state index in [-0.39, 0.29) is 22.8 Å². The van der Waals surface area contributed by atoms with Crippen LogP contribution >= 0.6 is 11.8 Å². The van der Waals surface area contributed by atoms with Crippen LogP contribution in [0, 0.1) is 5.92 Å². The van der Waals surface area contributed by atoms with Gasteiger partial charge < -0.3 is 9.84 Å². The van der Waals surface area contributed by atoms with Gasteiger partial charge in [-0.1, -0.05) is 13.8 Å². The molecule has 0 unspecified atom stereocenters. The van der Waals surface area contributed by atoms with Crippen molar-refractivity contribution in [1.82, 2.24) is 4.72 Å². The predicted octanol–water partition coefficient (Wildman–Crippen LogP) is 2.11. The lowest BCUT2D eigenvalue weighted by Gasteiger charge is -2.21. The Balaban J connectivity index is 2.77. The first kappa shape index (κ1) is 19.3. The number of thioether (sulfide) groups is 1. The van der Waals surface area contributed by atoms with Crippen LogP contribution in [0.4, 0.5) is 0 Å². The predicted molar refractivity (Wildman–Crippen MR) is 90.9 cm³/mol. The van der Waals surface area contributed by atoms with Gasteiger partial charge in [-0.15, -0.1) is 0 Å². The molecule has 1 rings (SSSR count). The van der Waals surface area contributed by atoms with Crippen molar-refractivity contribution in [2.24, 2.45) is 5.92 Å². The molecule has 0 aliphatic carbocycles. The molecule has 0 heterocycles. The smallest absolute Gasteiger partial charge is 0.240 e. The second-order valence-corrected chi connectivity index (χ2v) is 8.33. The van der Waals surface area contributed by atoms with Crippen molar-refractivity contribution in [1.29, 1.82) is 0 Å². The molecule has 22 heavy (non-hydrogen) atoms. The Bertz CT molecular complexity index is 539. The van der Waals surface area contributed by atoms with Gasteiger partial charge in [-0.25, -0.2) is 13.1 Å². The minimum Gasteiger partial charge on any atom is -0.493 e. The third-order valence-electron chi connectivity index (χ3n) is 3.10. The van der Waals surface area contributed by atoms with Crippen LogP contribution in [-0.4, -0.2) is 44.3 Å². The van der Waals surface area contributed by atoms with Crippen molar-refractivity contribution in [3.8, 4) is 5.75 Å². The molecule has 0 amide bonds.